The second kappa shape index (κ2) is 5.20. The van der Waals surface area contributed by atoms with Crippen molar-refractivity contribution in [1.29, 1.82) is 0 Å². The maximum atomic E-state index is 14.1. The molecule has 1 saturated carbocycles. The zero-order valence-corrected chi connectivity index (χ0v) is 11.8. The van der Waals surface area contributed by atoms with E-state index in [0.717, 1.165) is 18.9 Å². The van der Waals surface area contributed by atoms with Crippen LogP contribution < -0.4 is 0 Å². The van der Waals surface area contributed by atoms with Gasteiger partial charge in [0.25, 0.3) is 0 Å². The van der Waals surface area contributed by atoms with E-state index in [1.807, 2.05) is 13.8 Å². The summed E-state index contributed by atoms with van der Waals surface area (Å²) in [7, 11) is 0. The molecule has 0 radical (unpaired) electrons. The summed E-state index contributed by atoms with van der Waals surface area (Å²) in [4.78, 5) is 0. The summed E-state index contributed by atoms with van der Waals surface area (Å²) in [6, 6.07) is 4.09. The minimum absolute atomic E-state index is 0.0278. The van der Waals surface area contributed by atoms with Crippen molar-refractivity contribution >= 4 is 0 Å². The predicted molar refractivity (Wildman–Crippen MR) is 71.6 cm³/mol. The van der Waals surface area contributed by atoms with E-state index in [1.54, 1.807) is 0 Å². The first kappa shape index (κ1) is 14.4. The second-order valence-electron chi connectivity index (χ2n) is 6.26. The van der Waals surface area contributed by atoms with Crippen molar-refractivity contribution in [2.75, 3.05) is 0 Å². The van der Waals surface area contributed by atoms with Crippen LogP contribution in [0.1, 0.15) is 45.6 Å². The molecule has 0 spiro atoms. The summed E-state index contributed by atoms with van der Waals surface area (Å²) in [5.41, 5.74) is -1.13. The Morgan fingerprint density at radius 1 is 1.26 bits per heavy atom. The zero-order valence-electron chi connectivity index (χ0n) is 11.8. The van der Waals surface area contributed by atoms with E-state index in [1.165, 1.54) is 12.1 Å². The molecule has 3 heteroatoms. The molecule has 1 aliphatic carbocycles. The van der Waals surface area contributed by atoms with Crippen molar-refractivity contribution in [3.05, 3.63) is 35.4 Å². The fraction of sp³-hybridized carbons (Fsp3) is 0.625. The molecule has 19 heavy (non-hydrogen) atoms. The molecule has 1 aromatic rings. The van der Waals surface area contributed by atoms with E-state index in [-0.39, 0.29) is 17.4 Å². The van der Waals surface area contributed by atoms with E-state index >= 15 is 0 Å². The lowest BCUT2D eigenvalue weighted by Gasteiger charge is -2.45. The van der Waals surface area contributed by atoms with Gasteiger partial charge in [-0.2, -0.15) is 0 Å². The van der Waals surface area contributed by atoms with Gasteiger partial charge in [0, 0.05) is 5.56 Å². The molecule has 0 bridgehead atoms. The van der Waals surface area contributed by atoms with Crippen LogP contribution in [-0.4, -0.2) is 5.11 Å². The van der Waals surface area contributed by atoms with E-state index < -0.39 is 17.2 Å². The third-order valence-corrected chi connectivity index (χ3v) is 4.47. The molecule has 106 valence electrons. The van der Waals surface area contributed by atoms with Gasteiger partial charge in [0.15, 0.2) is 11.6 Å². The van der Waals surface area contributed by atoms with Crippen LogP contribution in [0.15, 0.2) is 18.2 Å². The highest BCUT2D eigenvalue weighted by Crippen LogP contribution is 2.47. The van der Waals surface area contributed by atoms with Crippen LogP contribution in [0.2, 0.25) is 0 Å². The summed E-state index contributed by atoms with van der Waals surface area (Å²) < 4.78 is 27.5. The summed E-state index contributed by atoms with van der Waals surface area (Å²) in [5.74, 6) is -1.25. The van der Waals surface area contributed by atoms with Gasteiger partial charge < -0.3 is 5.11 Å². The van der Waals surface area contributed by atoms with Crippen LogP contribution in [0.5, 0.6) is 0 Å². The van der Waals surface area contributed by atoms with Crippen molar-refractivity contribution in [3.63, 3.8) is 0 Å². The minimum atomic E-state index is -1.25. The van der Waals surface area contributed by atoms with Crippen molar-refractivity contribution in [2.45, 2.75) is 45.6 Å². The molecule has 3 atom stereocenters. The fourth-order valence-electron chi connectivity index (χ4n) is 3.52. The van der Waals surface area contributed by atoms with Crippen LogP contribution >= 0.6 is 0 Å². The molecule has 0 amide bonds. The maximum absolute atomic E-state index is 14.1. The largest absolute Gasteiger partial charge is 0.385 e. The van der Waals surface area contributed by atoms with Gasteiger partial charge in [-0.3, -0.25) is 0 Å². The number of hydrogen-bond donors (Lipinski definition) is 1. The van der Waals surface area contributed by atoms with Gasteiger partial charge in [0.05, 0.1) is 5.60 Å². The molecule has 1 nitrogen and oxygen atoms in total. The van der Waals surface area contributed by atoms with Crippen molar-refractivity contribution in [3.8, 4) is 0 Å². The first-order valence-electron chi connectivity index (χ1n) is 7.03. The summed E-state index contributed by atoms with van der Waals surface area (Å²) in [5, 5.41) is 11.0. The van der Waals surface area contributed by atoms with E-state index in [9.17, 15) is 13.9 Å². The lowest BCUT2D eigenvalue weighted by Crippen LogP contribution is -2.43. The summed E-state index contributed by atoms with van der Waals surface area (Å²) >= 11 is 0. The lowest BCUT2D eigenvalue weighted by atomic mass is 9.64. The highest BCUT2D eigenvalue weighted by molar-refractivity contribution is 5.27. The highest BCUT2D eigenvalue weighted by Gasteiger charge is 2.45. The average molecular weight is 268 g/mol. The predicted octanol–water partition coefficient (Wildman–Crippen LogP) is 4.24. The van der Waals surface area contributed by atoms with Crippen LogP contribution in [0.25, 0.3) is 0 Å². The number of halogens is 2. The Hall–Kier alpha value is -0.960. The minimum Gasteiger partial charge on any atom is -0.385 e. The van der Waals surface area contributed by atoms with Crippen molar-refractivity contribution < 1.29 is 13.9 Å². The first-order chi connectivity index (χ1) is 8.86. The summed E-state index contributed by atoms with van der Waals surface area (Å²) in [6.45, 7) is 6.12. The first-order valence-corrected chi connectivity index (χ1v) is 7.03. The SMILES string of the molecule is CC1CCC(C(C)C)C(O)(c2cccc(F)c2F)C1. The molecule has 1 aliphatic rings. The average Bonchev–Trinajstić information content (AvgIpc) is 2.31. The molecule has 2 rings (SSSR count). The molecular weight excluding hydrogens is 246 g/mol. The Morgan fingerprint density at radius 2 is 1.95 bits per heavy atom. The quantitative estimate of drug-likeness (QED) is 0.850. The highest BCUT2D eigenvalue weighted by atomic mass is 19.2. The van der Waals surface area contributed by atoms with E-state index in [0.29, 0.717) is 12.3 Å². The van der Waals surface area contributed by atoms with Crippen LogP contribution in [-0.2, 0) is 5.60 Å². The molecule has 0 aromatic heterocycles. The van der Waals surface area contributed by atoms with Gasteiger partial charge in [0.1, 0.15) is 0 Å². The Kier molecular flexibility index (Phi) is 3.95. The van der Waals surface area contributed by atoms with E-state index in [2.05, 4.69) is 6.92 Å². The number of rotatable bonds is 2. The zero-order chi connectivity index (χ0) is 14.2. The van der Waals surface area contributed by atoms with Gasteiger partial charge >= 0.3 is 0 Å². The van der Waals surface area contributed by atoms with Crippen molar-refractivity contribution in [1.82, 2.24) is 0 Å². The second-order valence-corrected chi connectivity index (χ2v) is 6.26. The Morgan fingerprint density at radius 3 is 2.58 bits per heavy atom. The maximum Gasteiger partial charge on any atom is 0.164 e. The van der Waals surface area contributed by atoms with E-state index in [4.69, 9.17) is 0 Å². The molecule has 1 aromatic carbocycles. The number of hydrogen-bond acceptors (Lipinski definition) is 1. The van der Waals surface area contributed by atoms with Crippen LogP contribution in [0.4, 0.5) is 8.78 Å². The molecule has 0 saturated heterocycles. The Bertz CT molecular complexity index is 458. The fourth-order valence-corrected chi connectivity index (χ4v) is 3.52. The smallest absolute Gasteiger partial charge is 0.164 e. The van der Waals surface area contributed by atoms with Crippen LogP contribution in [0.3, 0.4) is 0 Å². The third-order valence-electron chi connectivity index (χ3n) is 4.47. The standard InChI is InChI=1S/C16H22F2O/c1-10(2)12-8-7-11(3)9-16(12,19)13-5-4-6-14(17)15(13)18/h4-6,10-12,19H,7-9H2,1-3H3. The molecule has 0 heterocycles. The molecule has 1 fully saturated rings. The Balaban J connectivity index is 2.49. The van der Waals surface area contributed by atoms with Crippen molar-refractivity contribution in [2.24, 2.45) is 17.8 Å². The molecular formula is C16H22F2O. The third kappa shape index (κ3) is 2.53. The number of aliphatic hydroxyl groups is 1. The Labute approximate surface area is 113 Å². The van der Waals surface area contributed by atoms with Gasteiger partial charge in [-0.15, -0.1) is 0 Å². The summed E-state index contributed by atoms with van der Waals surface area (Å²) in [6.07, 6.45) is 2.38. The topological polar surface area (TPSA) is 20.2 Å². The van der Waals surface area contributed by atoms with Crippen LogP contribution in [0, 0.1) is 29.4 Å². The normalized spacial score (nSPS) is 31.7. The molecule has 1 N–H and O–H groups in total. The van der Waals surface area contributed by atoms with Gasteiger partial charge in [-0.25, -0.2) is 8.78 Å². The number of benzene rings is 1. The van der Waals surface area contributed by atoms with Gasteiger partial charge in [-0.05, 0) is 36.7 Å². The molecule has 3 unspecified atom stereocenters. The van der Waals surface area contributed by atoms with Gasteiger partial charge in [0.2, 0.25) is 0 Å². The lowest BCUT2D eigenvalue weighted by molar-refractivity contribution is -0.0891. The van der Waals surface area contributed by atoms with Gasteiger partial charge in [-0.1, -0.05) is 39.3 Å². The monoisotopic (exact) mass is 268 g/mol. The molecule has 0 aliphatic heterocycles.